The Morgan fingerprint density at radius 1 is 1.26 bits per heavy atom. The lowest BCUT2D eigenvalue weighted by Crippen LogP contribution is -2.28. The Kier molecular flexibility index (Phi) is 4.06. The van der Waals surface area contributed by atoms with E-state index < -0.39 is 0 Å². The molecule has 1 aromatic heterocycles. The second-order valence-electron chi connectivity index (χ2n) is 5.20. The molecule has 19 heavy (non-hydrogen) atoms. The van der Waals surface area contributed by atoms with Crippen molar-refractivity contribution in [3.8, 4) is 0 Å². The monoisotopic (exact) mass is 256 g/mol. The quantitative estimate of drug-likeness (QED) is 0.913. The number of fused-ring (bicyclic) bond motifs is 1. The lowest BCUT2D eigenvalue weighted by Gasteiger charge is -2.22. The van der Waals surface area contributed by atoms with Crippen molar-refractivity contribution < 1.29 is 4.74 Å². The summed E-state index contributed by atoms with van der Waals surface area (Å²) in [6.07, 6.45) is 4.37. The Hall–Kier alpha value is -1.45. The van der Waals surface area contributed by atoms with Crippen molar-refractivity contribution in [1.82, 2.24) is 10.3 Å². The van der Waals surface area contributed by atoms with Gasteiger partial charge < -0.3 is 10.1 Å². The summed E-state index contributed by atoms with van der Waals surface area (Å²) in [7, 11) is 0. The van der Waals surface area contributed by atoms with Crippen molar-refractivity contribution in [2.24, 2.45) is 5.92 Å². The third-order valence-corrected chi connectivity index (χ3v) is 3.74. The standard InChI is InChI=1S/C16H20N2O/c1-2-6-16-15(5-1)14(7-8-18-16)11-17-10-13-4-3-9-19-12-13/h1-2,5-8,13,17H,3-4,9-12H2. The third-order valence-electron chi connectivity index (χ3n) is 3.74. The van der Waals surface area contributed by atoms with E-state index in [1.54, 1.807) is 0 Å². The highest BCUT2D eigenvalue weighted by molar-refractivity contribution is 5.81. The maximum atomic E-state index is 5.51. The Bertz CT molecular complexity index is 530. The average molecular weight is 256 g/mol. The van der Waals surface area contributed by atoms with Crippen molar-refractivity contribution in [1.29, 1.82) is 0 Å². The topological polar surface area (TPSA) is 34.1 Å². The van der Waals surface area contributed by atoms with E-state index in [-0.39, 0.29) is 0 Å². The van der Waals surface area contributed by atoms with E-state index in [9.17, 15) is 0 Å². The number of hydrogen-bond acceptors (Lipinski definition) is 3. The highest BCUT2D eigenvalue weighted by Gasteiger charge is 2.13. The zero-order chi connectivity index (χ0) is 12.9. The number of rotatable bonds is 4. The zero-order valence-electron chi connectivity index (χ0n) is 11.1. The molecule has 1 N–H and O–H groups in total. The van der Waals surface area contributed by atoms with Gasteiger partial charge in [-0.25, -0.2) is 0 Å². The number of pyridine rings is 1. The fraction of sp³-hybridized carbons (Fsp3) is 0.438. The molecule has 1 aromatic carbocycles. The van der Waals surface area contributed by atoms with Gasteiger partial charge in [0.25, 0.3) is 0 Å². The summed E-state index contributed by atoms with van der Waals surface area (Å²) in [6.45, 7) is 3.78. The second-order valence-corrected chi connectivity index (χ2v) is 5.20. The van der Waals surface area contributed by atoms with Crippen LogP contribution >= 0.6 is 0 Å². The maximum Gasteiger partial charge on any atom is 0.0705 e. The van der Waals surface area contributed by atoms with Crippen LogP contribution < -0.4 is 5.32 Å². The lowest BCUT2D eigenvalue weighted by molar-refractivity contribution is 0.0547. The maximum absolute atomic E-state index is 5.51. The summed E-state index contributed by atoms with van der Waals surface area (Å²) in [6, 6.07) is 10.4. The molecule has 1 aliphatic heterocycles. The number of aromatic nitrogens is 1. The summed E-state index contributed by atoms with van der Waals surface area (Å²) in [5, 5.41) is 4.80. The summed E-state index contributed by atoms with van der Waals surface area (Å²) in [5.41, 5.74) is 2.39. The predicted molar refractivity (Wildman–Crippen MR) is 77.0 cm³/mol. The second kappa shape index (κ2) is 6.13. The minimum Gasteiger partial charge on any atom is -0.381 e. The molecule has 2 aromatic rings. The Morgan fingerprint density at radius 2 is 2.21 bits per heavy atom. The van der Waals surface area contributed by atoms with Crippen LogP contribution in [0.25, 0.3) is 10.9 Å². The van der Waals surface area contributed by atoms with Gasteiger partial charge in [-0.3, -0.25) is 4.98 Å². The van der Waals surface area contributed by atoms with Crippen LogP contribution in [0.1, 0.15) is 18.4 Å². The minimum absolute atomic E-state index is 0.668. The number of nitrogens with one attached hydrogen (secondary N) is 1. The van der Waals surface area contributed by atoms with Crippen LogP contribution in [0, 0.1) is 5.92 Å². The normalized spacial score (nSPS) is 19.7. The van der Waals surface area contributed by atoms with Crippen molar-refractivity contribution in [2.45, 2.75) is 19.4 Å². The highest BCUT2D eigenvalue weighted by atomic mass is 16.5. The van der Waals surface area contributed by atoms with Gasteiger partial charge in [-0.2, -0.15) is 0 Å². The van der Waals surface area contributed by atoms with E-state index in [1.807, 2.05) is 12.3 Å². The molecule has 1 unspecified atom stereocenters. The SMILES string of the molecule is c1ccc2c(CNCC3CCCOC3)ccnc2c1. The molecule has 3 heteroatoms. The van der Waals surface area contributed by atoms with E-state index in [0.29, 0.717) is 5.92 Å². The first kappa shape index (κ1) is 12.6. The zero-order valence-corrected chi connectivity index (χ0v) is 11.1. The van der Waals surface area contributed by atoms with Gasteiger partial charge in [-0.15, -0.1) is 0 Å². The van der Waals surface area contributed by atoms with Crippen molar-refractivity contribution in [3.63, 3.8) is 0 Å². The first-order valence-corrected chi connectivity index (χ1v) is 7.04. The molecule has 1 atom stereocenters. The third kappa shape index (κ3) is 3.11. The summed E-state index contributed by atoms with van der Waals surface area (Å²) in [5.74, 6) is 0.668. The van der Waals surface area contributed by atoms with Crippen LogP contribution in [-0.2, 0) is 11.3 Å². The van der Waals surface area contributed by atoms with Crippen molar-refractivity contribution in [3.05, 3.63) is 42.1 Å². The van der Waals surface area contributed by atoms with E-state index in [0.717, 1.165) is 31.8 Å². The smallest absolute Gasteiger partial charge is 0.0705 e. The summed E-state index contributed by atoms with van der Waals surface area (Å²) in [4.78, 5) is 4.39. The van der Waals surface area contributed by atoms with E-state index in [2.05, 4.69) is 34.6 Å². The molecule has 0 aliphatic carbocycles. The Balaban J connectivity index is 1.62. The summed E-state index contributed by atoms with van der Waals surface area (Å²) >= 11 is 0. The molecule has 0 radical (unpaired) electrons. The highest BCUT2D eigenvalue weighted by Crippen LogP contribution is 2.16. The lowest BCUT2D eigenvalue weighted by atomic mass is 10.0. The van der Waals surface area contributed by atoms with Crippen LogP contribution in [0.2, 0.25) is 0 Å². The molecule has 1 saturated heterocycles. The minimum atomic E-state index is 0.668. The molecular weight excluding hydrogens is 236 g/mol. The van der Waals surface area contributed by atoms with Crippen molar-refractivity contribution in [2.75, 3.05) is 19.8 Å². The number of para-hydroxylation sites is 1. The van der Waals surface area contributed by atoms with E-state index in [1.165, 1.54) is 23.8 Å². The van der Waals surface area contributed by atoms with E-state index >= 15 is 0 Å². The average Bonchev–Trinajstić information content (AvgIpc) is 2.49. The van der Waals surface area contributed by atoms with Gasteiger partial charge in [0.05, 0.1) is 12.1 Å². The van der Waals surface area contributed by atoms with Gasteiger partial charge in [0, 0.05) is 31.3 Å². The molecular formula is C16H20N2O. The molecule has 0 saturated carbocycles. The van der Waals surface area contributed by atoms with Gasteiger partial charge >= 0.3 is 0 Å². The van der Waals surface area contributed by atoms with Crippen LogP contribution in [0.4, 0.5) is 0 Å². The molecule has 3 nitrogen and oxygen atoms in total. The molecule has 1 fully saturated rings. The fourth-order valence-electron chi connectivity index (χ4n) is 2.69. The molecule has 2 heterocycles. The molecule has 1 aliphatic rings. The van der Waals surface area contributed by atoms with Gasteiger partial charge in [0.1, 0.15) is 0 Å². The number of ether oxygens (including phenoxy) is 1. The predicted octanol–water partition coefficient (Wildman–Crippen LogP) is 2.75. The molecule has 100 valence electrons. The summed E-state index contributed by atoms with van der Waals surface area (Å²) < 4.78 is 5.51. The van der Waals surface area contributed by atoms with Crippen molar-refractivity contribution >= 4 is 10.9 Å². The first-order chi connectivity index (χ1) is 9.43. The van der Waals surface area contributed by atoms with Crippen LogP contribution in [0.5, 0.6) is 0 Å². The number of hydrogen-bond donors (Lipinski definition) is 1. The first-order valence-electron chi connectivity index (χ1n) is 7.04. The van der Waals surface area contributed by atoms with Gasteiger partial charge in [0.15, 0.2) is 0 Å². The van der Waals surface area contributed by atoms with E-state index in [4.69, 9.17) is 4.74 Å². The van der Waals surface area contributed by atoms with Crippen LogP contribution in [-0.4, -0.2) is 24.7 Å². The molecule has 3 rings (SSSR count). The molecule has 0 spiro atoms. The fourth-order valence-corrected chi connectivity index (χ4v) is 2.69. The van der Waals surface area contributed by atoms with Gasteiger partial charge in [-0.1, -0.05) is 18.2 Å². The Morgan fingerprint density at radius 3 is 3.11 bits per heavy atom. The number of nitrogens with zero attached hydrogens (tertiary/aromatic N) is 1. The molecule has 0 bridgehead atoms. The Labute approximate surface area is 114 Å². The van der Waals surface area contributed by atoms with Crippen LogP contribution in [0.3, 0.4) is 0 Å². The largest absolute Gasteiger partial charge is 0.381 e. The molecule has 0 amide bonds. The van der Waals surface area contributed by atoms with Gasteiger partial charge in [-0.05, 0) is 36.5 Å². The van der Waals surface area contributed by atoms with Gasteiger partial charge in [0.2, 0.25) is 0 Å². The number of benzene rings is 1. The van der Waals surface area contributed by atoms with Crippen LogP contribution in [0.15, 0.2) is 36.5 Å².